The van der Waals surface area contributed by atoms with Crippen molar-refractivity contribution in [3.63, 3.8) is 0 Å². The Morgan fingerprint density at radius 3 is 2.17 bits per heavy atom. The maximum atomic E-state index is 13.7. The van der Waals surface area contributed by atoms with Crippen LogP contribution in [0.2, 0.25) is 0 Å². The molecule has 0 aliphatic rings. The van der Waals surface area contributed by atoms with E-state index in [2.05, 4.69) is 29.9 Å². The topological polar surface area (TPSA) is 146 Å². The third-order valence-electron chi connectivity index (χ3n) is 6.17. The number of hydrogen-bond acceptors (Lipinski definition) is 11. The van der Waals surface area contributed by atoms with Crippen molar-refractivity contribution in [2.45, 2.75) is 25.2 Å². The minimum Gasteiger partial charge on any atom is -0.494 e. The van der Waals surface area contributed by atoms with Gasteiger partial charge in [-0.3, -0.25) is 9.29 Å². The lowest BCUT2D eigenvalue weighted by Gasteiger charge is -2.23. The van der Waals surface area contributed by atoms with E-state index in [0.717, 1.165) is 5.56 Å². The second-order valence-corrected chi connectivity index (χ2v) is 11.1. The Morgan fingerprint density at radius 2 is 1.60 bits per heavy atom. The quantitative estimate of drug-likeness (QED) is 0.283. The first-order valence-electron chi connectivity index (χ1n) is 12.3. The van der Waals surface area contributed by atoms with Crippen LogP contribution in [0, 0.1) is 6.92 Å². The van der Waals surface area contributed by atoms with E-state index in [1.54, 1.807) is 36.7 Å². The van der Waals surface area contributed by atoms with Crippen molar-refractivity contribution in [1.29, 1.82) is 0 Å². The van der Waals surface area contributed by atoms with E-state index in [0.29, 0.717) is 28.7 Å². The number of aromatic nitrogens is 6. The molecule has 13 nitrogen and oxygen atoms in total. The first-order chi connectivity index (χ1) is 19.1. The van der Waals surface area contributed by atoms with Crippen molar-refractivity contribution in [3.8, 4) is 28.7 Å². The molecule has 0 radical (unpaired) electrons. The van der Waals surface area contributed by atoms with Crippen molar-refractivity contribution in [2.24, 2.45) is 0 Å². The lowest BCUT2D eigenvalue weighted by molar-refractivity contribution is 0.0949. The highest BCUT2D eigenvalue weighted by atomic mass is 32.2. The van der Waals surface area contributed by atoms with Crippen LogP contribution in [0.5, 0.6) is 11.5 Å². The fourth-order valence-electron chi connectivity index (χ4n) is 4.02. The molecule has 4 aromatic rings. The zero-order chi connectivity index (χ0) is 29.0. The Morgan fingerprint density at radius 1 is 0.975 bits per heavy atom. The number of anilines is 2. The monoisotopic (exact) mass is 570 g/mol. The summed E-state index contributed by atoms with van der Waals surface area (Å²) in [6.45, 7) is 3.35. The van der Waals surface area contributed by atoms with Crippen LogP contribution in [0.15, 0.2) is 48.8 Å². The van der Waals surface area contributed by atoms with Crippen LogP contribution in [0.1, 0.15) is 25.8 Å². The fraction of sp³-hybridized carbons (Fsp3) is 0.346. The van der Waals surface area contributed by atoms with Gasteiger partial charge in [-0.15, -0.1) is 10.2 Å². The molecule has 40 heavy (non-hydrogen) atoms. The van der Waals surface area contributed by atoms with E-state index in [1.165, 1.54) is 32.8 Å². The van der Waals surface area contributed by atoms with Gasteiger partial charge >= 0.3 is 0 Å². The predicted molar refractivity (Wildman–Crippen MR) is 153 cm³/mol. The molecule has 4 rings (SSSR count). The van der Waals surface area contributed by atoms with Crippen LogP contribution >= 0.6 is 0 Å². The molecular formula is C26H34N8O5S. The minimum absolute atomic E-state index is 0. The van der Waals surface area contributed by atoms with Gasteiger partial charge in [-0.25, -0.2) is 23.4 Å². The number of pyridine rings is 1. The second kappa shape index (κ2) is 11.8. The zero-order valence-electron chi connectivity index (χ0n) is 23.4. The number of rotatable bonds is 11. The summed E-state index contributed by atoms with van der Waals surface area (Å²) in [7, 11) is 4.01. The number of hydrogen-bond donors (Lipinski definition) is 1. The van der Waals surface area contributed by atoms with E-state index in [1.807, 2.05) is 38.1 Å². The number of sulfonamides is 1. The fourth-order valence-corrected chi connectivity index (χ4v) is 5.15. The molecule has 2 atom stereocenters. The summed E-state index contributed by atoms with van der Waals surface area (Å²) in [5.74, 6) is 1.89. The third-order valence-corrected chi connectivity index (χ3v) is 7.86. The maximum Gasteiger partial charge on any atom is 0.243 e. The van der Waals surface area contributed by atoms with Crippen molar-refractivity contribution < 1.29 is 24.1 Å². The number of aryl methyl sites for hydroxylation is 1. The van der Waals surface area contributed by atoms with Crippen LogP contribution in [0.4, 0.5) is 11.8 Å². The Bertz CT molecular complexity index is 1560. The van der Waals surface area contributed by atoms with Crippen molar-refractivity contribution >= 4 is 21.8 Å². The van der Waals surface area contributed by atoms with Gasteiger partial charge in [-0.2, -0.15) is 0 Å². The van der Waals surface area contributed by atoms with Crippen LogP contribution in [-0.2, 0) is 14.8 Å². The number of para-hydroxylation sites is 1. The van der Waals surface area contributed by atoms with Gasteiger partial charge in [-0.1, -0.05) is 12.1 Å². The molecular weight excluding hydrogens is 536 g/mol. The number of nitrogens with one attached hydrogen (secondary N) is 1. The van der Waals surface area contributed by atoms with E-state index < -0.39 is 21.4 Å². The van der Waals surface area contributed by atoms with Crippen LogP contribution in [-0.4, -0.2) is 78.8 Å². The summed E-state index contributed by atoms with van der Waals surface area (Å²) in [6, 6.07) is 10.6. The van der Waals surface area contributed by atoms with E-state index in [4.69, 9.17) is 14.2 Å². The summed E-state index contributed by atoms with van der Waals surface area (Å²) in [5.41, 5.74) is 1.68. The Labute approximate surface area is 234 Å². The van der Waals surface area contributed by atoms with E-state index >= 15 is 0 Å². The lowest BCUT2D eigenvalue weighted by atomic mass is 10.2. The van der Waals surface area contributed by atoms with Gasteiger partial charge in [0, 0.05) is 35.0 Å². The molecule has 0 amide bonds. The second-order valence-electron chi connectivity index (χ2n) is 9.10. The van der Waals surface area contributed by atoms with E-state index in [9.17, 15) is 8.42 Å². The maximum absolute atomic E-state index is 13.7. The molecule has 0 aliphatic carbocycles. The van der Waals surface area contributed by atoms with Gasteiger partial charge in [0.1, 0.15) is 40.1 Å². The number of methoxy groups -OCH3 is 3. The summed E-state index contributed by atoms with van der Waals surface area (Å²) in [6.07, 6.45) is 2.26. The molecule has 14 heteroatoms. The Kier molecular flexibility index (Phi) is 8.49. The molecule has 1 N–H and O–H groups in total. The number of nitrogens with zero attached hydrogens (tertiary/aromatic N) is 7. The molecule has 0 aliphatic heterocycles. The molecule has 3 aromatic heterocycles. The van der Waals surface area contributed by atoms with Gasteiger partial charge < -0.3 is 19.1 Å². The molecule has 214 valence electrons. The summed E-state index contributed by atoms with van der Waals surface area (Å²) >= 11 is 0. The van der Waals surface area contributed by atoms with Crippen molar-refractivity contribution in [1.82, 2.24) is 29.7 Å². The predicted octanol–water partition coefficient (Wildman–Crippen LogP) is 3.27. The molecule has 0 saturated heterocycles. The van der Waals surface area contributed by atoms with E-state index in [-0.39, 0.29) is 19.0 Å². The highest BCUT2D eigenvalue weighted by molar-refractivity contribution is 7.93. The Hall–Kier alpha value is -4.30. The highest BCUT2D eigenvalue weighted by Crippen LogP contribution is 2.38. The van der Waals surface area contributed by atoms with Gasteiger partial charge in [0.2, 0.25) is 16.0 Å². The normalized spacial score (nSPS) is 13.0. The molecule has 3 heterocycles. The van der Waals surface area contributed by atoms with Crippen LogP contribution in [0.25, 0.3) is 17.2 Å². The van der Waals surface area contributed by atoms with Gasteiger partial charge in [0.05, 0.1) is 14.2 Å². The molecule has 0 spiro atoms. The summed E-state index contributed by atoms with van der Waals surface area (Å²) in [4.78, 5) is 15.0. The average molecular weight is 571 g/mol. The molecule has 0 bridgehead atoms. The van der Waals surface area contributed by atoms with Gasteiger partial charge in [-0.05, 0) is 43.7 Å². The van der Waals surface area contributed by atoms with Gasteiger partial charge in [0.25, 0.3) is 0 Å². The van der Waals surface area contributed by atoms with Crippen LogP contribution < -0.4 is 19.1 Å². The lowest BCUT2D eigenvalue weighted by Crippen LogP contribution is -2.33. The molecule has 0 fully saturated rings. The summed E-state index contributed by atoms with van der Waals surface area (Å²) in [5, 5.41) is 7.44. The smallest absolute Gasteiger partial charge is 0.243 e. The van der Waals surface area contributed by atoms with Crippen molar-refractivity contribution in [2.75, 3.05) is 45.0 Å². The standard InChI is InChI=1S/C26H32N8O5S.H2/c1-16-14-27-24(28-15-16)23(39-7)17(2)40(35,36)32-26-31-30-25(18-10-8-13-21(29-18)33(3)4)34(26)22-19(37-5)11-9-12-20(22)38-6;/h8-15,17,23H,1-7H3,(H,31,32);1H/t17-,23-;/m0./s1. The largest absolute Gasteiger partial charge is 0.494 e. The number of benzene rings is 1. The Balaban J connectivity index is 0.00000462. The first kappa shape index (κ1) is 28.7. The first-order valence-corrected chi connectivity index (χ1v) is 13.8. The number of ether oxygens (including phenoxy) is 3. The average Bonchev–Trinajstić information content (AvgIpc) is 3.36. The van der Waals surface area contributed by atoms with Crippen molar-refractivity contribution in [3.05, 3.63) is 60.2 Å². The van der Waals surface area contributed by atoms with Crippen LogP contribution in [0.3, 0.4) is 0 Å². The SMILES string of the molecule is COc1cccc(OC)c1-n1c(NS(=O)(=O)[C@@H](C)[C@H](OC)c2ncc(C)cn2)nnc1-c1cccc(N(C)C)n1.[HH]. The highest BCUT2D eigenvalue weighted by Gasteiger charge is 2.35. The molecule has 0 unspecified atom stereocenters. The zero-order valence-corrected chi connectivity index (χ0v) is 24.2. The summed E-state index contributed by atoms with van der Waals surface area (Å²) < 4.78 is 48.3. The minimum atomic E-state index is -4.13. The molecule has 1 aromatic carbocycles. The van der Waals surface area contributed by atoms with Gasteiger partial charge in [0.15, 0.2) is 11.6 Å². The third kappa shape index (κ3) is 5.67. The molecule has 0 saturated carbocycles.